The predicted octanol–water partition coefficient (Wildman–Crippen LogP) is 0.586. The van der Waals surface area contributed by atoms with Crippen LogP contribution in [0.3, 0.4) is 0 Å². The molecule has 0 aliphatic heterocycles. The van der Waals surface area contributed by atoms with Gasteiger partial charge in [0.1, 0.15) is 6.54 Å². The van der Waals surface area contributed by atoms with Gasteiger partial charge in [-0.25, -0.2) is 4.99 Å². The number of ether oxygens (including phenoxy) is 1. The van der Waals surface area contributed by atoms with Crippen molar-refractivity contribution < 1.29 is 9.53 Å². The number of carbonyl (C=O) groups is 1. The third kappa shape index (κ3) is 4.12. The number of anilines is 1. The molecule has 0 amide bonds. The van der Waals surface area contributed by atoms with Gasteiger partial charge in [0.15, 0.2) is 5.96 Å². The van der Waals surface area contributed by atoms with E-state index in [1.165, 1.54) is 7.11 Å². The molecule has 0 saturated heterocycles. The normalized spacial score (nSPS) is 10.9. The summed E-state index contributed by atoms with van der Waals surface area (Å²) in [6, 6.07) is 9.33. The quantitative estimate of drug-likeness (QED) is 0.432. The molecule has 0 saturated carbocycles. The van der Waals surface area contributed by atoms with Gasteiger partial charge in [-0.3, -0.25) is 4.79 Å². The van der Waals surface area contributed by atoms with E-state index < -0.39 is 5.97 Å². The van der Waals surface area contributed by atoms with Crippen LogP contribution in [0.15, 0.2) is 35.3 Å². The van der Waals surface area contributed by atoms with E-state index in [1.807, 2.05) is 30.3 Å². The molecule has 0 aliphatic rings. The van der Waals surface area contributed by atoms with E-state index in [9.17, 15) is 4.79 Å². The summed E-state index contributed by atoms with van der Waals surface area (Å²) in [6.45, 7) is -0.0812. The first-order chi connectivity index (χ1) is 7.22. The van der Waals surface area contributed by atoms with Crippen LogP contribution < -0.4 is 11.1 Å². The molecule has 5 nitrogen and oxygen atoms in total. The Kier molecular flexibility index (Phi) is 4.15. The number of nitrogens with zero attached hydrogens (tertiary/aromatic N) is 1. The summed E-state index contributed by atoms with van der Waals surface area (Å²) in [5, 5.41) is 2.84. The van der Waals surface area contributed by atoms with Gasteiger partial charge in [0.05, 0.1) is 7.11 Å². The molecule has 3 N–H and O–H groups in total. The van der Waals surface area contributed by atoms with E-state index in [4.69, 9.17) is 5.73 Å². The molecule has 0 heterocycles. The average molecular weight is 207 g/mol. The molecule has 15 heavy (non-hydrogen) atoms. The molecule has 0 bridgehead atoms. The Labute approximate surface area is 88.0 Å². The lowest BCUT2D eigenvalue weighted by molar-refractivity contribution is -0.138. The number of carbonyl (C=O) groups excluding carboxylic acids is 1. The van der Waals surface area contributed by atoms with E-state index in [0.717, 1.165) is 5.69 Å². The molecular formula is C10H13N3O2. The number of guanidine groups is 1. The van der Waals surface area contributed by atoms with Gasteiger partial charge in [-0.15, -0.1) is 0 Å². The zero-order valence-corrected chi connectivity index (χ0v) is 8.43. The molecule has 5 heteroatoms. The number of rotatable bonds is 3. The van der Waals surface area contributed by atoms with Crippen LogP contribution in [0.4, 0.5) is 5.69 Å². The first kappa shape index (κ1) is 11.0. The molecule has 0 fully saturated rings. The van der Waals surface area contributed by atoms with Crippen molar-refractivity contribution in [3.05, 3.63) is 30.3 Å². The highest BCUT2D eigenvalue weighted by atomic mass is 16.5. The Morgan fingerprint density at radius 1 is 1.47 bits per heavy atom. The molecular weight excluding hydrogens is 194 g/mol. The zero-order chi connectivity index (χ0) is 11.1. The van der Waals surface area contributed by atoms with Gasteiger partial charge in [-0.05, 0) is 12.1 Å². The van der Waals surface area contributed by atoms with E-state index in [1.54, 1.807) is 0 Å². The Hall–Kier alpha value is -2.04. The molecule has 0 aromatic heterocycles. The number of hydrogen-bond donors (Lipinski definition) is 2. The number of benzene rings is 1. The van der Waals surface area contributed by atoms with Gasteiger partial charge in [0.25, 0.3) is 0 Å². The zero-order valence-electron chi connectivity index (χ0n) is 8.43. The fraction of sp³-hybridized carbons (Fsp3) is 0.200. The van der Waals surface area contributed by atoms with Crippen LogP contribution in [0.1, 0.15) is 0 Å². The van der Waals surface area contributed by atoms with E-state index in [2.05, 4.69) is 15.0 Å². The topological polar surface area (TPSA) is 76.7 Å². The number of methoxy groups -OCH3 is 1. The highest BCUT2D eigenvalue weighted by molar-refractivity contribution is 5.93. The van der Waals surface area contributed by atoms with Gasteiger partial charge in [-0.2, -0.15) is 0 Å². The number of nitrogens with one attached hydrogen (secondary N) is 1. The number of nitrogens with two attached hydrogens (primary N) is 1. The average Bonchev–Trinajstić information content (AvgIpc) is 2.27. The Balaban J connectivity index is 2.48. The van der Waals surface area contributed by atoms with Crippen molar-refractivity contribution in [2.45, 2.75) is 0 Å². The minimum atomic E-state index is -0.423. The predicted molar refractivity (Wildman–Crippen MR) is 58.6 cm³/mol. The van der Waals surface area contributed by atoms with Crippen LogP contribution in [0, 0.1) is 0 Å². The number of hydrogen-bond acceptors (Lipinski definition) is 3. The van der Waals surface area contributed by atoms with Crippen LogP contribution in [-0.2, 0) is 9.53 Å². The summed E-state index contributed by atoms with van der Waals surface area (Å²) >= 11 is 0. The van der Waals surface area contributed by atoms with Crippen molar-refractivity contribution in [3.8, 4) is 0 Å². The second kappa shape index (κ2) is 5.64. The fourth-order valence-corrected chi connectivity index (χ4v) is 0.923. The first-order valence-corrected chi connectivity index (χ1v) is 4.41. The Bertz CT molecular complexity index is 349. The lowest BCUT2D eigenvalue weighted by atomic mass is 10.3. The number of aliphatic imine (C=N–C) groups is 1. The smallest absolute Gasteiger partial charge is 0.327 e. The highest BCUT2D eigenvalue weighted by Gasteiger charge is 1.98. The molecule has 0 spiro atoms. The van der Waals surface area contributed by atoms with Gasteiger partial charge in [-0.1, -0.05) is 18.2 Å². The minimum Gasteiger partial charge on any atom is -0.468 e. The maximum atomic E-state index is 10.8. The molecule has 1 aromatic carbocycles. The summed E-state index contributed by atoms with van der Waals surface area (Å²) in [6.07, 6.45) is 0. The van der Waals surface area contributed by atoms with Gasteiger partial charge in [0.2, 0.25) is 0 Å². The van der Waals surface area contributed by atoms with Crippen molar-refractivity contribution in [2.75, 3.05) is 19.0 Å². The maximum Gasteiger partial charge on any atom is 0.327 e. The largest absolute Gasteiger partial charge is 0.468 e. The molecule has 0 radical (unpaired) electrons. The summed E-state index contributed by atoms with van der Waals surface area (Å²) in [5.41, 5.74) is 6.36. The molecule has 0 unspecified atom stereocenters. The minimum absolute atomic E-state index is 0.0812. The lowest BCUT2D eigenvalue weighted by Gasteiger charge is -2.04. The Morgan fingerprint density at radius 3 is 2.73 bits per heavy atom. The molecule has 1 rings (SSSR count). The van der Waals surface area contributed by atoms with Gasteiger partial charge < -0.3 is 15.8 Å². The van der Waals surface area contributed by atoms with E-state index in [0.29, 0.717) is 0 Å². The van der Waals surface area contributed by atoms with Crippen molar-refractivity contribution in [2.24, 2.45) is 10.7 Å². The summed E-state index contributed by atoms with van der Waals surface area (Å²) in [4.78, 5) is 14.6. The van der Waals surface area contributed by atoms with Crippen molar-refractivity contribution in [1.82, 2.24) is 0 Å². The molecule has 1 aromatic rings. The van der Waals surface area contributed by atoms with Crippen LogP contribution in [0.5, 0.6) is 0 Å². The van der Waals surface area contributed by atoms with E-state index >= 15 is 0 Å². The fourth-order valence-electron chi connectivity index (χ4n) is 0.923. The standard InChI is InChI=1S/C10H13N3O2/c1-15-9(14)7-12-10(11)13-8-5-3-2-4-6-8/h2-6H,7H2,1H3,(H3,11,12,13). The highest BCUT2D eigenvalue weighted by Crippen LogP contribution is 2.03. The van der Waals surface area contributed by atoms with Crippen LogP contribution in [0.2, 0.25) is 0 Å². The first-order valence-electron chi connectivity index (χ1n) is 4.41. The van der Waals surface area contributed by atoms with Crippen LogP contribution in [0.25, 0.3) is 0 Å². The van der Waals surface area contributed by atoms with Crippen molar-refractivity contribution in [1.29, 1.82) is 0 Å². The maximum absolute atomic E-state index is 10.8. The van der Waals surface area contributed by atoms with E-state index in [-0.39, 0.29) is 12.5 Å². The summed E-state index contributed by atoms with van der Waals surface area (Å²) in [7, 11) is 1.30. The molecule has 0 atom stereocenters. The van der Waals surface area contributed by atoms with Crippen LogP contribution >= 0.6 is 0 Å². The molecule has 80 valence electrons. The van der Waals surface area contributed by atoms with Crippen LogP contribution in [-0.4, -0.2) is 25.6 Å². The summed E-state index contributed by atoms with van der Waals surface area (Å²) in [5.74, 6) is -0.237. The third-order valence-electron chi connectivity index (χ3n) is 1.65. The van der Waals surface area contributed by atoms with Crippen molar-refractivity contribution in [3.63, 3.8) is 0 Å². The SMILES string of the molecule is COC(=O)CN=C(N)Nc1ccccc1. The molecule has 0 aliphatic carbocycles. The lowest BCUT2D eigenvalue weighted by Crippen LogP contribution is -2.24. The number of esters is 1. The third-order valence-corrected chi connectivity index (χ3v) is 1.65. The second-order valence-corrected chi connectivity index (χ2v) is 2.77. The van der Waals surface area contributed by atoms with Crippen molar-refractivity contribution >= 4 is 17.6 Å². The monoisotopic (exact) mass is 207 g/mol. The number of para-hydroxylation sites is 1. The van der Waals surface area contributed by atoms with Gasteiger partial charge >= 0.3 is 5.97 Å². The second-order valence-electron chi connectivity index (χ2n) is 2.77. The van der Waals surface area contributed by atoms with Gasteiger partial charge in [0, 0.05) is 5.69 Å². The summed E-state index contributed by atoms with van der Waals surface area (Å²) < 4.78 is 4.42. The Morgan fingerprint density at radius 2 is 2.13 bits per heavy atom.